The Morgan fingerprint density at radius 1 is 1.21 bits per heavy atom. The van der Waals surface area contributed by atoms with Gasteiger partial charge >= 0.3 is 6.09 Å². The first-order valence-corrected chi connectivity index (χ1v) is 12.5. The molecule has 1 fully saturated rings. The minimum absolute atomic E-state index is 0.0486. The summed E-state index contributed by atoms with van der Waals surface area (Å²) in [5, 5.41) is 2.79. The van der Waals surface area contributed by atoms with E-state index in [9.17, 15) is 18.4 Å². The molecule has 2 unspecified atom stereocenters. The summed E-state index contributed by atoms with van der Waals surface area (Å²) in [6, 6.07) is 9.96. The van der Waals surface area contributed by atoms with Crippen molar-refractivity contribution < 1.29 is 27.8 Å². The van der Waals surface area contributed by atoms with E-state index in [1.165, 1.54) is 17.2 Å². The molecule has 38 heavy (non-hydrogen) atoms. The number of rotatable bonds is 5. The summed E-state index contributed by atoms with van der Waals surface area (Å²) >= 11 is 0. The number of amides is 2. The molecule has 2 amide bonds. The van der Waals surface area contributed by atoms with Gasteiger partial charge in [0.2, 0.25) is 0 Å². The highest BCUT2D eigenvalue weighted by molar-refractivity contribution is 6.04. The standard InChI is InChI=1S/C28H28F2N4O4/c1-4-34-25-22(20-8-10-37-15-23(20)38-27(34)36)11-18(14-32-25)21-13-19(6-5-16(21)2)33-26(35)17-7-9-31-24(12-17)28(3,29)30/h5-7,9,11-14,20,23H,4,8,10,15H2,1-3H3,(H,33,35). The van der Waals surface area contributed by atoms with Gasteiger partial charge in [-0.3, -0.25) is 14.7 Å². The molecule has 2 atom stereocenters. The molecule has 198 valence electrons. The smallest absolute Gasteiger partial charge is 0.415 e. The van der Waals surface area contributed by atoms with Crippen molar-refractivity contribution in [2.75, 3.05) is 30.0 Å². The van der Waals surface area contributed by atoms with Crippen LogP contribution in [0.5, 0.6) is 0 Å². The van der Waals surface area contributed by atoms with Gasteiger partial charge in [-0.2, -0.15) is 8.78 Å². The topological polar surface area (TPSA) is 93.7 Å². The highest BCUT2D eigenvalue weighted by atomic mass is 19.3. The molecule has 1 saturated heterocycles. The molecule has 0 bridgehead atoms. The summed E-state index contributed by atoms with van der Waals surface area (Å²) in [7, 11) is 0. The number of anilines is 2. The molecule has 1 N–H and O–H groups in total. The van der Waals surface area contributed by atoms with Crippen LogP contribution in [0.15, 0.2) is 48.8 Å². The lowest BCUT2D eigenvalue weighted by Crippen LogP contribution is -2.36. The number of pyridine rings is 2. The summed E-state index contributed by atoms with van der Waals surface area (Å²) < 4.78 is 38.7. The van der Waals surface area contributed by atoms with Gasteiger partial charge in [-0.05, 0) is 61.7 Å². The van der Waals surface area contributed by atoms with E-state index < -0.39 is 29.7 Å². The van der Waals surface area contributed by atoms with Crippen molar-refractivity contribution in [3.05, 3.63) is 71.2 Å². The quantitative estimate of drug-likeness (QED) is 0.465. The molecule has 1 aromatic carbocycles. The van der Waals surface area contributed by atoms with Crippen molar-refractivity contribution in [2.45, 2.75) is 45.1 Å². The van der Waals surface area contributed by atoms with Crippen molar-refractivity contribution in [2.24, 2.45) is 0 Å². The summed E-state index contributed by atoms with van der Waals surface area (Å²) in [5.41, 5.74) is 3.66. The van der Waals surface area contributed by atoms with Gasteiger partial charge in [0.15, 0.2) is 0 Å². The van der Waals surface area contributed by atoms with E-state index in [-0.39, 0.29) is 11.5 Å². The van der Waals surface area contributed by atoms with E-state index in [4.69, 9.17) is 9.47 Å². The second kappa shape index (κ2) is 10.1. The lowest BCUT2D eigenvalue weighted by molar-refractivity contribution is -0.0258. The molecule has 0 aliphatic carbocycles. The van der Waals surface area contributed by atoms with E-state index in [1.807, 2.05) is 32.0 Å². The number of hydrogen-bond acceptors (Lipinski definition) is 6. The fourth-order valence-corrected chi connectivity index (χ4v) is 4.89. The highest BCUT2D eigenvalue weighted by Crippen LogP contribution is 2.40. The summed E-state index contributed by atoms with van der Waals surface area (Å²) in [5.74, 6) is -3.14. The minimum atomic E-state index is -3.15. The van der Waals surface area contributed by atoms with Crippen LogP contribution >= 0.6 is 0 Å². The van der Waals surface area contributed by atoms with Crippen LogP contribution in [0.1, 0.15) is 53.4 Å². The lowest BCUT2D eigenvalue weighted by Gasteiger charge is -2.29. The van der Waals surface area contributed by atoms with Gasteiger partial charge in [0.05, 0.1) is 6.61 Å². The third kappa shape index (κ3) is 4.96. The molecule has 5 rings (SSSR count). The monoisotopic (exact) mass is 522 g/mol. The largest absolute Gasteiger partial charge is 0.443 e. The average Bonchev–Trinajstić information content (AvgIpc) is 3.02. The Morgan fingerprint density at radius 2 is 2.03 bits per heavy atom. The third-order valence-corrected chi connectivity index (χ3v) is 6.92. The predicted molar refractivity (Wildman–Crippen MR) is 138 cm³/mol. The molecular weight excluding hydrogens is 494 g/mol. The molecule has 10 heteroatoms. The zero-order valence-corrected chi connectivity index (χ0v) is 21.3. The number of alkyl halides is 2. The maximum atomic E-state index is 13.7. The number of hydrogen-bond donors (Lipinski definition) is 1. The van der Waals surface area contributed by atoms with Crippen molar-refractivity contribution in [1.82, 2.24) is 9.97 Å². The van der Waals surface area contributed by atoms with Crippen LogP contribution in [0.4, 0.5) is 25.1 Å². The summed E-state index contributed by atoms with van der Waals surface area (Å²) in [6.07, 6.45) is 2.78. The van der Waals surface area contributed by atoms with Gasteiger partial charge in [-0.25, -0.2) is 9.78 Å². The van der Waals surface area contributed by atoms with E-state index >= 15 is 0 Å². The van der Waals surface area contributed by atoms with Gasteiger partial charge < -0.3 is 14.8 Å². The van der Waals surface area contributed by atoms with Crippen LogP contribution in [0, 0.1) is 6.92 Å². The first kappa shape index (κ1) is 25.7. The molecule has 0 saturated carbocycles. The number of carbonyl (C=O) groups is 2. The Hall–Kier alpha value is -3.92. The predicted octanol–water partition coefficient (Wildman–Crippen LogP) is 5.67. The first-order valence-electron chi connectivity index (χ1n) is 12.5. The Bertz CT molecular complexity index is 1390. The van der Waals surface area contributed by atoms with Crippen molar-refractivity contribution in [3.8, 4) is 11.1 Å². The van der Waals surface area contributed by atoms with Crippen molar-refractivity contribution in [1.29, 1.82) is 0 Å². The molecule has 4 heterocycles. The van der Waals surface area contributed by atoms with E-state index in [1.54, 1.807) is 12.3 Å². The SMILES string of the molecule is CCN1C(=O)OC2COCCC2c2cc(-c3cc(NC(=O)c4ccnc(C(C)(F)F)c4)ccc3C)cnc21. The number of nitrogens with one attached hydrogen (secondary N) is 1. The zero-order valence-electron chi connectivity index (χ0n) is 21.3. The number of carbonyl (C=O) groups excluding carboxylic acids is 2. The average molecular weight is 523 g/mol. The minimum Gasteiger partial charge on any atom is -0.443 e. The van der Waals surface area contributed by atoms with Crippen molar-refractivity contribution in [3.63, 3.8) is 0 Å². The van der Waals surface area contributed by atoms with Gasteiger partial charge in [-0.1, -0.05) is 6.07 Å². The zero-order chi connectivity index (χ0) is 27.0. The number of benzene rings is 1. The molecule has 0 spiro atoms. The Labute approximate surface area is 219 Å². The number of aryl methyl sites for hydroxylation is 1. The maximum absolute atomic E-state index is 13.7. The van der Waals surface area contributed by atoms with Crippen LogP contribution in [0.3, 0.4) is 0 Å². The highest BCUT2D eigenvalue weighted by Gasteiger charge is 2.39. The Morgan fingerprint density at radius 3 is 2.79 bits per heavy atom. The lowest BCUT2D eigenvalue weighted by atomic mass is 9.87. The van der Waals surface area contributed by atoms with Crippen LogP contribution < -0.4 is 10.2 Å². The molecule has 2 aliphatic rings. The third-order valence-electron chi connectivity index (χ3n) is 6.92. The first-order chi connectivity index (χ1) is 18.2. The fourth-order valence-electron chi connectivity index (χ4n) is 4.89. The van der Waals surface area contributed by atoms with Gasteiger partial charge in [0.25, 0.3) is 11.8 Å². The van der Waals surface area contributed by atoms with Crippen LogP contribution in [-0.4, -0.2) is 47.8 Å². The molecule has 0 radical (unpaired) electrons. The van der Waals surface area contributed by atoms with Gasteiger partial charge in [0, 0.05) is 60.8 Å². The molecule has 2 aromatic heterocycles. The number of halogens is 2. The summed E-state index contributed by atoms with van der Waals surface area (Å²) in [6.45, 7) is 5.87. The van der Waals surface area contributed by atoms with E-state index in [0.717, 1.165) is 35.2 Å². The van der Waals surface area contributed by atoms with E-state index in [2.05, 4.69) is 15.3 Å². The number of aromatic nitrogens is 2. The van der Waals surface area contributed by atoms with E-state index in [0.29, 0.717) is 37.7 Å². The number of ether oxygens (including phenoxy) is 2. The second-order valence-corrected chi connectivity index (χ2v) is 9.58. The molecule has 3 aromatic rings. The normalized spacial score (nSPS) is 19.2. The summed E-state index contributed by atoms with van der Waals surface area (Å²) in [4.78, 5) is 35.5. The maximum Gasteiger partial charge on any atom is 0.415 e. The van der Waals surface area contributed by atoms with Crippen LogP contribution in [0.25, 0.3) is 11.1 Å². The molecular formula is C28H28F2N4O4. The molecule has 2 aliphatic heterocycles. The fraction of sp³-hybridized carbons (Fsp3) is 0.357. The second-order valence-electron chi connectivity index (χ2n) is 9.58. The van der Waals surface area contributed by atoms with Gasteiger partial charge in [0.1, 0.15) is 17.6 Å². The Balaban J connectivity index is 1.48. The van der Waals surface area contributed by atoms with Crippen LogP contribution in [0.2, 0.25) is 0 Å². The molecule has 8 nitrogen and oxygen atoms in total. The Kier molecular flexibility index (Phi) is 6.83. The number of nitrogens with zero attached hydrogens (tertiary/aromatic N) is 3. The van der Waals surface area contributed by atoms with Crippen molar-refractivity contribution >= 4 is 23.5 Å². The van der Waals surface area contributed by atoms with Gasteiger partial charge in [-0.15, -0.1) is 0 Å². The number of fused-ring (bicyclic) bond motifs is 3. The van der Waals surface area contributed by atoms with Crippen LogP contribution in [-0.2, 0) is 15.4 Å².